The summed E-state index contributed by atoms with van der Waals surface area (Å²) in [5.74, 6) is -52.4. The molecule has 0 aliphatic carbocycles. The molecule has 0 saturated carbocycles. The molecular weight excluding hydrogens is 599 g/mol. The highest BCUT2D eigenvalue weighted by Gasteiger charge is 2.88. The van der Waals surface area contributed by atoms with E-state index >= 15 is 0 Å². The molecule has 0 bridgehead atoms. The number of hydrogen-bond donors (Lipinski definition) is 1. The summed E-state index contributed by atoms with van der Waals surface area (Å²) in [5.41, 5.74) is 0. The van der Waals surface area contributed by atoms with E-state index in [0.717, 1.165) is 0 Å². The van der Waals surface area contributed by atoms with Gasteiger partial charge in [0.2, 0.25) is 11.7 Å². The SMILES string of the molecule is O=S(=O)(O)c1cccc(OC(F)(F)C(F)(F)/C(F)=C(\F)C(F)(F)C(F)(F)C(F)(F)C(F)(F)C(F)(F)F)c1. The lowest BCUT2D eigenvalue weighted by Gasteiger charge is -2.37. The first-order chi connectivity index (χ1) is 16.0. The first kappa shape index (κ1) is 32.5. The van der Waals surface area contributed by atoms with Crippen molar-refractivity contribution in [2.45, 2.75) is 46.8 Å². The normalized spacial score (nSPS) is 15.9. The number of ether oxygens (including phenoxy) is 1. The third-order valence-electron chi connectivity index (χ3n) is 4.00. The molecule has 0 radical (unpaired) electrons. The van der Waals surface area contributed by atoms with Gasteiger partial charge in [-0.15, -0.1) is 0 Å². The van der Waals surface area contributed by atoms with E-state index in [4.69, 9.17) is 4.55 Å². The van der Waals surface area contributed by atoms with Gasteiger partial charge in [-0.1, -0.05) is 6.07 Å². The molecule has 0 aliphatic rings. The van der Waals surface area contributed by atoms with Crippen molar-refractivity contribution in [1.29, 1.82) is 0 Å². The van der Waals surface area contributed by atoms with E-state index in [2.05, 4.69) is 4.74 Å². The summed E-state index contributed by atoms with van der Waals surface area (Å²) in [4.78, 5) is -1.38. The van der Waals surface area contributed by atoms with E-state index in [0.29, 0.717) is 12.1 Å². The fourth-order valence-corrected chi connectivity index (χ4v) is 2.54. The van der Waals surface area contributed by atoms with E-state index in [1.807, 2.05) is 0 Å². The molecule has 1 N–H and O–H groups in total. The van der Waals surface area contributed by atoms with Crippen molar-refractivity contribution in [2.75, 3.05) is 0 Å². The van der Waals surface area contributed by atoms with E-state index in [9.17, 15) is 83.1 Å². The number of alkyl halides is 15. The van der Waals surface area contributed by atoms with Gasteiger partial charge in [0.1, 0.15) is 5.75 Å². The van der Waals surface area contributed by atoms with Crippen LogP contribution in [0.25, 0.3) is 0 Å². The largest absolute Gasteiger partial charge is 0.471 e. The Bertz CT molecular complexity index is 1150. The first-order valence-electron chi connectivity index (χ1n) is 8.16. The quantitative estimate of drug-likeness (QED) is 0.249. The highest BCUT2D eigenvalue weighted by Crippen LogP contribution is 2.60. The molecule has 214 valence electrons. The maximum Gasteiger partial charge on any atom is 0.471 e. The van der Waals surface area contributed by atoms with Gasteiger partial charge in [0, 0.05) is 6.07 Å². The Labute approximate surface area is 192 Å². The van der Waals surface area contributed by atoms with Crippen LogP contribution >= 0.6 is 0 Å². The minimum Gasteiger partial charge on any atom is -0.428 e. The van der Waals surface area contributed by atoms with Gasteiger partial charge in [-0.25, -0.2) is 8.78 Å². The van der Waals surface area contributed by atoms with Crippen LogP contribution in [0.4, 0.5) is 74.6 Å². The zero-order valence-electron chi connectivity index (χ0n) is 16.3. The lowest BCUT2D eigenvalue weighted by molar-refractivity contribution is -0.419. The van der Waals surface area contributed by atoms with Crippen LogP contribution in [0, 0.1) is 0 Å². The third-order valence-corrected chi connectivity index (χ3v) is 4.85. The van der Waals surface area contributed by atoms with E-state index in [1.165, 1.54) is 0 Å². The first-order valence-corrected chi connectivity index (χ1v) is 9.60. The molecule has 22 heteroatoms. The maximum atomic E-state index is 13.7. The summed E-state index contributed by atoms with van der Waals surface area (Å²) in [6.07, 6.45) is -14.5. The second-order valence-electron chi connectivity index (χ2n) is 6.57. The summed E-state index contributed by atoms with van der Waals surface area (Å²) >= 11 is 0. The van der Waals surface area contributed by atoms with Crippen LogP contribution in [0.2, 0.25) is 0 Å². The minimum absolute atomic E-state index is 0.138. The van der Waals surface area contributed by atoms with Crippen molar-refractivity contribution < 1.29 is 92.3 Å². The lowest BCUT2D eigenvalue weighted by Crippen LogP contribution is -2.66. The molecular formula is C15H5F17O4S. The Morgan fingerprint density at radius 3 is 1.51 bits per heavy atom. The minimum atomic E-state index is -8.39. The predicted molar refractivity (Wildman–Crippen MR) is 81.9 cm³/mol. The number of halogens is 17. The van der Waals surface area contributed by atoms with Crippen LogP contribution in [-0.4, -0.2) is 54.9 Å². The smallest absolute Gasteiger partial charge is 0.428 e. The van der Waals surface area contributed by atoms with Gasteiger partial charge in [-0.3, -0.25) is 4.55 Å². The zero-order valence-corrected chi connectivity index (χ0v) is 17.1. The molecule has 0 aromatic heterocycles. The Morgan fingerprint density at radius 2 is 1.11 bits per heavy atom. The predicted octanol–water partition coefficient (Wildman–Crippen LogP) is 6.79. The molecule has 1 aromatic carbocycles. The Kier molecular flexibility index (Phi) is 7.95. The molecule has 1 aromatic rings. The van der Waals surface area contributed by atoms with Crippen molar-refractivity contribution in [3.63, 3.8) is 0 Å². The molecule has 0 atom stereocenters. The summed E-state index contributed by atoms with van der Waals surface area (Å²) in [6.45, 7) is 0. The molecule has 0 heterocycles. The Hall–Kier alpha value is -2.52. The highest BCUT2D eigenvalue weighted by atomic mass is 32.2. The van der Waals surface area contributed by atoms with Crippen LogP contribution in [0.1, 0.15) is 0 Å². The molecule has 0 fully saturated rings. The van der Waals surface area contributed by atoms with E-state index in [1.54, 1.807) is 0 Å². The fourth-order valence-electron chi connectivity index (χ4n) is 2.02. The molecule has 37 heavy (non-hydrogen) atoms. The number of allylic oxidation sites excluding steroid dienone is 1. The van der Waals surface area contributed by atoms with E-state index < -0.39 is 74.3 Å². The van der Waals surface area contributed by atoms with Crippen molar-refractivity contribution in [3.05, 3.63) is 35.9 Å². The number of benzene rings is 1. The van der Waals surface area contributed by atoms with Gasteiger partial charge in [-0.2, -0.15) is 74.3 Å². The van der Waals surface area contributed by atoms with Crippen molar-refractivity contribution >= 4 is 10.1 Å². The van der Waals surface area contributed by atoms with Crippen LogP contribution in [0.3, 0.4) is 0 Å². The van der Waals surface area contributed by atoms with Crippen LogP contribution in [0.15, 0.2) is 40.8 Å². The van der Waals surface area contributed by atoms with Gasteiger partial charge in [0.15, 0.2) is 0 Å². The molecule has 0 aliphatic heterocycles. The molecule has 1 rings (SSSR count). The van der Waals surface area contributed by atoms with Crippen molar-refractivity contribution in [2.24, 2.45) is 0 Å². The van der Waals surface area contributed by atoms with Gasteiger partial charge in [-0.05, 0) is 12.1 Å². The average Bonchev–Trinajstić information content (AvgIpc) is 2.70. The topological polar surface area (TPSA) is 63.6 Å². The van der Waals surface area contributed by atoms with Crippen LogP contribution < -0.4 is 4.74 Å². The second kappa shape index (κ2) is 9.05. The van der Waals surface area contributed by atoms with Gasteiger partial charge in [0.25, 0.3) is 10.1 Å². The third kappa shape index (κ3) is 5.25. The van der Waals surface area contributed by atoms with Gasteiger partial charge < -0.3 is 4.74 Å². The maximum absolute atomic E-state index is 13.7. The van der Waals surface area contributed by atoms with Crippen LogP contribution in [-0.2, 0) is 10.1 Å². The standard InChI is InChI=1S/C15H5F17O4S/c16-7(9(18,19)11(22,23)12(24,25)13(26,27)14(28,29)30)8(17)10(20,21)15(31,32)36-5-2-1-3-6(4-5)37(33,34)35/h1-4H,(H,33,34,35)/b8-7+. The second-order valence-corrected chi connectivity index (χ2v) is 7.99. The van der Waals surface area contributed by atoms with E-state index in [-0.39, 0.29) is 12.1 Å². The fraction of sp³-hybridized carbons (Fsp3) is 0.467. The number of hydrogen-bond acceptors (Lipinski definition) is 3. The summed E-state index contributed by atoms with van der Waals surface area (Å²) < 4.78 is 257. The monoisotopic (exact) mass is 604 g/mol. The number of rotatable bonds is 9. The molecule has 0 spiro atoms. The summed E-state index contributed by atoms with van der Waals surface area (Å²) in [6, 6.07) is 0.703. The van der Waals surface area contributed by atoms with Crippen molar-refractivity contribution in [3.8, 4) is 5.75 Å². The Balaban J connectivity index is 3.61. The molecule has 4 nitrogen and oxygen atoms in total. The Morgan fingerprint density at radius 1 is 0.676 bits per heavy atom. The average molecular weight is 604 g/mol. The van der Waals surface area contributed by atoms with Crippen LogP contribution in [0.5, 0.6) is 5.75 Å². The van der Waals surface area contributed by atoms with Gasteiger partial charge in [0.05, 0.1) is 4.90 Å². The molecule has 0 amide bonds. The van der Waals surface area contributed by atoms with Crippen molar-refractivity contribution in [1.82, 2.24) is 0 Å². The highest BCUT2D eigenvalue weighted by molar-refractivity contribution is 7.85. The molecule has 0 saturated heterocycles. The molecule has 0 unspecified atom stereocenters. The lowest BCUT2D eigenvalue weighted by atomic mass is 9.96. The summed E-state index contributed by atoms with van der Waals surface area (Å²) in [5, 5.41) is 0. The zero-order chi connectivity index (χ0) is 29.8. The van der Waals surface area contributed by atoms with Gasteiger partial charge >= 0.3 is 41.9 Å². The summed E-state index contributed by atoms with van der Waals surface area (Å²) in [7, 11) is -5.27.